The Morgan fingerprint density at radius 2 is 1.53 bits per heavy atom. The molecule has 168 valence electrons. The minimum atomic E-state index is -0.207. The number of nitrogen functional groups attached to an aromatic ring is 1. The Morgan fingerprint density at radius 3 is 2.24 bits per heavy atom. The van der Waals surface area contributed by atoms with Crippen molar-refractivity contribution in [3.05, 3.63) is 108 Å². The number of nitrogens with zero attached hydrogens (tertiary/aromatic N) is 2. The molecule has 2 aromatic heterocycles. The normalized spacial score (nSPS) is 10.7. The van der Waals surface area contributed by atoms with E-state index in [1.54, 1.807) is 16.9 Å². The Balaban J connectivity index is 1.42. The summed E-state index contributed by atoms with van der Waals surface area (Å²) < 4.78 is 7.53. The molecule has 0 atom stereocenters. The summed E-state index contributed by atoms with van der Waals surface area (Å²) in [6, 6.07) is 26.5. The van der Waals surface area contributed by atoms with Gasteiger partial charge in [-0.2, -0.15) is 5.10 Å². The van der Waals surface area contributed by atoms with E-state index in [9.17, 15) is 4.79 Å². The summed E-state index contributed by atoms with van der Waals surface area (Å²) in [5.74, 6) is 1.29. The fraction of sp³-hybridized carbons (Fsp3) is 0.0370. The van der Waals surface area contributed by atoms with Crippen LogP contribution in [0.25, 0.3) is 5.52 Å². The van der Waals surface area contributed by atoms with E-state index in [-0.39, 0.29) is 5.91 Å². The van der Waals surface area contributed by atoms with Gasteiger partial charge in [0, 0.05) is 17.6 Å². The van der Waals surface area contributed by atoms with Crippen molar-refractivity contribution in [2.24, 2.45) is 0 Å². The zero-order valence-corrected chi connectivity index (χ0v) is 18.5. The molecule has 1 amide bonds. The van der Waals surface area contributed by atoms with Crippen LogP contribution in [0.3, 0.4) is 0 Å². The Hall–Kier alpha value is -4.78. The molecule has 0 saturated carbocycles. The first kappa shape index (κ1) is 21.1. The summed E-state index contributed by atoms with van der Waals surface area (Å²) in [5.41, 5.74) is 11.0. The molecule has 3 aromatic carbocycles. The van der Waals surface area contributed by atoms with E-state index in [1.165, 1.54) is 0 Å². The fourth-order valence-corrected chi connectivity index (χ4v) is 3.76. The number of benzene rings is 3. The molecule has 0 aliphatic carbocycles. The van der Waals surface area contributed by atoms with Crippen LogP contribution >= 0.6 is 0 Å². The summed E-state index contributed by atoms with van der Waals surface area (Å²) in [5, 5.41) is 10.7. The highest BCUT2D eigenvalue weighted by atomic mass is 16.5. The number of nitrogens with two attached hydrogens (primary N) is 1. The Kier molecular flexibility index (Phi) is 5.58. The second-order valence-electron chi connectivity index (χ2n) is 7.82. The highest BCUT2D eigenvalue weighted by Gasteiger charge is 2.19. The average Bonchev–Trinajstić information content (AvgIpc) is 3.20. The topological polar surface area (TPSA) is 93.7 Å². The monoisotopic (exact) mass is 449 g/mol. The Bertz CT molecular complexity index is 1450. The molecule has 0 radical (unpaired) electrons. The van der Waals surface area contributed by atoms with E-state index < -0.39 is 0 Å². The van der Waals surface area contributed by atoms with E-state index in [0.717, 1.165) is 34.0 Å². The van der Waals surface area contributed by atoms with Gasteiger partial charge in [0.25, 0.3) is 5.91 Å². The number of anilines is 4. The maximum atomic E-state index is 12.9. The van der Waals surface area contributed by atoms with E-state index in [2.05, 4.69) is 15.7 Å². The average molecular weight is 450 g/mol. The van der Waals surface area contributed by atoms with Crippen molar-refractivity contribution in [2.75, 3.05) is 16.4 Å². The number of nitrogens with one attached hydrogen (secondary N) is 2. The lowest BCUT2D eigenvalue weighted by Gasteiger charge is -2.13. The molecular weight excluding hydrogens is 426 g/mol. The minimum Gasteiger partial charge on any atom is -0.457 e. The summed E-state index contributed by atoms with van der Waals surface area (Å²) in [6.07, 6.45) is 3.28. The summed E-state index contributed by atoms with van der Waals surface area (Å²) in [7, 11) is 0. The van der Waals surface area contributed by atoms with Gasteiger partial charge in [0.1, 0.15) is 11.5 Å². The molecular formula is C27H23N5O2. The number of para-hydroxylation sites is 2. The SMILES string of the molecule is Cc1c(C(=O)Nc2ccccc2)cn2ncc(N)c(Nc3ccc(Oc4ccccc4)cc3)c12. The van der Waals surface area contributed by atoms with Gasteiger partial charge < -0.3 is 21.1 Å². The molecule has 0 spiro atoms. The van der Waals surface area contributed by atoms with Crippen LogP contribution in [0.1, 0.15) is 15.9 Å². The summed E-state index contributed by atoms with van der Waals surface area (Å²) in [6.45, 7) is 1.89. The maximum absolute atomic E-state index is 12.9. The second kappa shape index (κ2) is 8.99. The smallest absolute Gasteiger partial charge is 0.257 e. The zero-order chi connectivity index (χ0) is 23.5. The third kappa shape index (κ3) is 4.27. The van der Waals surface area contributed by atoms with Gasteiger partial charge in [-0.25, -0.2) is 4.52 Å². The summed E-state index contributed by atoms with van der Waals surface area (Å²) in [4.78, 5) is 12.9. The molecule has 0 aliphatic rings. The number of ether oxygens (including phenoxy) is 1. The molecule has 0 fully saturated rings. The lowest BCUT2D eigenvalue weighted by Crippen LogP contribution is -2.12. The van der Waals surface area contributed by atoms with E-state index in [1.807, 2.05) is 91.9 Å². The number of fused-ring (bicyclic) bond motifs is 1. The highest BCUT2D eigenvalue weighted by molar-refractivity contribution is 6.07. The third-order valence-corrected chi connectivity index (χ3v) is 5.47. The van der Waals surface area contributed by atoms with Crippen LogP contribution in [-0.4, -0.2) is 15.5 Å². The van der Waals surface area contributed by atoms with Crippen LogP contribution in [0.2, 0.25) is 0 Å². The van der Waals surface area contributed by atoms with Crippen LogP contribution < -0.4 is 21.1 Å². The number of aryl methyl sites for hydroxylation is 1. The van der Waals surface area contributed by atoms with E-state index in [0.29, 0.717) is 16.9 Å². The molecule has 4 N–H and O–H groups in total. The molecule has 5 aromatic rings. The summed E-state index contributed by atoms with van der Waals surface area (Å²) >= 11 is 0. The molecule has 7 nitrogen and oxygen atoms in total. The Labute approximate surface area is 196 Å². The lowest BCUT2D eigenvalue weighted by atomic mass is 10.1. The molecule has 0 saturated heterocycles. The van der Waals surface area contributed by atoms with Gasteiger partial charge in [0.05, 0.1) is 28.7 Å². The predicted octanol–water partition coefficient (Wildman–Crippen LogP) is 6.01. The van der Waals surface area contributed by atoms with Crippen molar-refractivity contribution >= 4 is 34.2 Å². The maximum Gasteiger partial charge on any atom is 0.257 e. The first-order valence-corrected chi connectivity index (χ1v) is 10.8. The van der Waals surface area contributed by atoms with Gasteiger partial charge in [0.15, 0.2) is 0 Å². The van der Waals surface area contributed by atoms with Crippen LogP contribution in [0.15, 0.2) is 97.3 Å². The van der Waals surface area contributed by atoms with Crippen LogP contribution in [0, 0.1) is 6.92 Å². The van der Waals surface area contributed by atoms with Gasteiger partial charge in [-0.15, -0.1) is 0 Å². The van der Waals surface area contributed by atoms with Crippen molar-refractivity contribution in [1.82, 2.24) is 9.61 Å². The van der Waals surface area contributed by atoms with Crippen molar-refractivity contribution in [2.45, 2.75) is 6.92 Å². The van der Waals surface area contributed by atoms with Crippen molar-refractivity contribution in [3.8, 4) is 11.5 Å². The minimum absolute atomic E-state index is 0.207. The molecule has 34 heavy (non-hydrogen) atoms. The highest BCUT2D eigenvalue weighted by Crippen LogP contribution is 2.33. The van der Waals surface area contributed by atoms with E-state index in [4.69, 9.17) is 10.5 Å². The largest absolute Gasteiger partial charge is 0.457 e. The molecule has 0 unspecified atom stereocenters. The Morgan fingerprint density at radius 1 is 0.882 bits per heavy atom. The number of hydrogen-bond acceptors (Lipinski definition) is 5. The van der Waals surface area contributed by atoms with Crippen molar-refractivity contribution in [3.63, 3.8) is 0 Å². The van der Waals surface area contributed by atoms with Crippen molar-refractivity contribution < 1.29 is 9.53 Å². The molecule has 7 heteroatoms. The number of carbonyl (C=O) groups excluding carboxylic acids is 1. The molecule has 2 heterocycles. The van der Waals surface area contributed by atoms with Gasteiger partial charge in [-0.05, 0) is 61.0 Å². The number of amides is 1. The quantitative estimate of drug-likeness (QED) is 0.295. The van der Waals surface area contributed by atoms with Gasteiger partial charge in [-0.3, -0.25) is 4.79 Å². The lowest BCUT2D eigenvalue weighted by molar-refractivity contribution is 0.102. The number of hydrogen-bond donors (Lipinski definition) is 3. The van der Waals surface area contributed by atoms with Crippen LogP contribution in [0.4, 0.5) is 22.7 Å². The molecule has 5 rings (SSSR count). The van der Waals surface area contributed by atoms with Gasteiger partial charge >= 0.3 is 0 Å². The van der Waals surface area contributed by atoms with Crippen LogP contribution in [-0.2, 0) is 0 Å². The van der Waals surface area contributed by atoms with E-state index >= 15 is 0 Å². The third-order valence-electron chi connectivity index (χ3n) is 5.47. The number of carbonyl (C=O) groups is 1. The fourth-order valence-electron chi connectivity index (χ4n) is 3.76. The first-order valence-electron chi connectivity index (χ1n) is 10.8. The van der Waals surface area contributed by atoms with Gasteiger partial charge in [0.2, 0.25) is 0 Å². The zero-order valence-electron chi connectivity index (χ0n) is 18.5. The van der Waals surface area contributed by atoms with Gasteiger partial charge in [-0.1, -0.05) is 36.4 Å². The molecule has 0 bridgehead atoms. The second-order valence-corrected chi connectivity index (χ2v) is 7.82. The number of rotatable bonds is 6. The van der Waals surface area contributed by atoms with Crippen LogP contribution in [0.5, 0.6) is 11.5 Å². The number of aromatic nitrogens is 2. The standard InChI is InChI=1S/C27H23N5O2/c1-18-23(27(33)31-19-8-4-2-5-9-19)17-32-26(18)25(24(28)16-29-32)30-20-12-14-22(15-13-20)34-21-10-6-3-7-11-21/h2-17,30H,28H2,1H3,(H,31,33). The first-order chi connectivity index (χ1) is 16.6. The molecule has 0 aliphatic heterocycles. The predicted molar refractivity (Wildman–Crippen MR) is 135 cm³/mol. The van der Waals surface area contributed by atoms with Crippen molar-refractivity contribution in [1.29, 1.82) is 0 Å².